The van der Waals surface area contributed by atoms with E-state index in [4.69, 9.17) is 9.47 Å². The molecule has 2 N–H and O–H groups in total. The Labute approximate surface area is 128 Å². The molecule has 0 atom stereocenters. The van der Waals surface area contributed by atoms with Gasteiger partial charge in [0, 0.05) is 6.42 Å². The van der Waals surface area contributed by atoms with Crippen molar-refractivity contribution >= 4 is 11.6 Å². The molecule has 3 rings (SSSR count). The maximum Gasteiger partial charge on any atom is 0.224 e. The van der Waals surface area contributed by atoms with Gasteiger partial charge in [-0.25, -0.2) is 0 Å². The molecule has 0 bridgehead atoms. The summed E-state index contributed by atoms with van der Waals surface area (Å²) >= 11 is 0. The fourth-order valence-electron chi connectivity index (χ4n) is 2.29. The van der Waals surface area contributed by atoms with Gasteiger partial charge in [-0.05, 0) is 36.2 Å². The molecular formula is C17H17NO4. The number of para-hydroxylation sites is 2. The number of hydrogen-bond acceptors (Lipinski definition) is 4. The number of anilines is 1. The Hall–Kier alpha value is -2.69. The van der Waals surface area contributed by atoms with E-state index < -0.39 is 0 Å². The number of carbonyl (C=O) groups excluding carboxylic acids is 1. The second-order valence-corrected chi connectivity index (χ2v) is 5.04. The number of phenolic OH excluding ortho intramolecular Hbond substituents is 1. The first kappa shape index (κ1) is 14.3. The monoisotopic (exact) mass is 299 g/mol. The smallest absolute Gasteiger partial charge is 0.224 e. The van der Waals surface area contributed by atoms with Crippen LogP contribution in [0.1, 0.15) is 12.0 Å². The van der Waals surface area contributed by atoms with Crippen LogP contribution < -0.4 is 14.8 Å². The van der Waals surface area contributed by atoms with Crippen molar-refractivity contribution in [2.75, 3.05) is 18.5 Å². The highest BCUT2D eigenvalue weighted by Gasteiger charge is 2.12. The third-order valence-electron chi connectivity index (χ3n) is 3.43. The molecule has 0 fully saturated rings. The first-order chi connectivity index (χ1) is 10.7. The third-order valence-corrected chi connectivity index (χ3v) is 3.43. The number of aryl methyl sites for hydroxylation is 1. The number of amides is 1. The average molecular weight is 299 g/mol. The van der Waals surface area contributed by atoms with E-state index in [1.54, 1.807) is 18.2 Å². The maximum absolute atomic E-state index is 11.9. The number of aromatic hydroxyl groups is 1. The van der Waals surface area contributed by atoms with Gasteiger partial charge in [0.2, 0.25) is 5.91 Å². The van der Waals surface area contributed by atoms with E-state index in [0.29, 0.717) is 31.7 Å². The van der Waals surface area contributed by atoms with Crippen molar-refractivity contribution in [3.8, 4) is 17.2 Å². The van der Waals surface area contributed by atoms with E-state index in [-0.39, 0.29) is 11.7 Å². The Morgan fingerprint density at radius 3 is 2.68 bits per heavy atom. The molecule has 0 saturated carbocycles. The van der Waals surface area contributed by atoms with Crippen LogP contribution in [0.3, 0.4) is 0 Å². The molecule has 1 aliphatic rings. The zero-order valence-electron chi connectivity index (χ0n) is 12.0. The average Bonchev–Trinajstić information content (AvgIpc) is 2.55. The molecule has 1 heterocycles. The topological polar surface area (TPSA) is 67.8 Å². The molecule has 1 aliphatic heterocycles. The number of fused-ring (bicyclic) bond motifs is 1. The van der Waals surface area contributed by atoms with E-state index in [1.807, 2.05) is 18.2 Å². The molecule has 114 valence electrons. The summed E-state index contributed by atoms with van der Waals surface area (Å²) in [7, 11) is 0. The fraction of sp³-hybridized carbons (Fsp3) is 0.235. The number of rotatable bonds is 4. The van der Waals surface area contributed by atoms with Crippen LogP contribution in [-0.2, 0) is 11.2 Å². The first-order valence-electron chi connectivity index (χ1n) is 7.19. The quantitative estimate of drug-likeness (QED) is 0.852. The minimum Gasteiger partial charge on any atom is -0.506 e. The van der Waals surface area contributed by atoms with Gasteiger partial charge in [-0.2, -0.15) is 0 Å². The van der Waals surface area contributed by atoms with Gasteiger partial charge >= 0.3 is 0 Å². The van der Waals surface area contributed by atoms with Crippen molar-refractivity contribution < 1.29 is 19.4 Å². The SMILES string of the molecule is O=C(CCc1ccc2c(c1)OCCO2)Nc1ccccc1O. The van der Waals surface area contributed by atoms with E-state index in [2.05, 4.69) is 5.32 Å². The van der Waals surface area contributed by atoms with Crippen LogP contribution in [0, 0.1) is 0 Å². The Morgan fingerprint density at radius 1 is 1.09 bits per heavy atom. The van der Waals surface area contributed by atoms with Crippen LogP contribution >= 0.6 is 0 Å². The molecule has 2 aromatic carbocycles. The highest BCUT2D eigenvalue weighted by Crippen LogP contribution is 2.31. The highest BCUT2D eigenvalue weighted by molar-refractivity contribution is 5.92. The van der Waals surface area contributed by atoms with Crippen LogP contribution in [0.15, 0.2) is 42.5 Å². The molecule has 1 amide bonds. The van der Waals surface area contributed by atoms with Gasteiger partial charge in [0.1, 0.15) is 19.0 Å². The molecule has 0 radical (unpaired) electrons. The van der Waals surface area contributed by atoms with Crippen molar-refractivity contribution in [2.24, 2.45) is 0 Å². The van der Waals surface area contributed by atoms with Gasteiger partial charge in [0.15, 0.2) is 11.5 Å². The zero-order chi connectivity index (χ0) is 15.4. The van der Waals surface area contributed by atoms with Gasteiger partial charge < -0.3 is 19.9 Å². The third kappa shape index (κ3) is 3.31. The summed E-state index contributed by atoms with van der Waals surface area (Å²) in [5.41, 5.74) is 1.44. The largest absolute Gasteiger partial charge is 0.506 e. The van der Waals surface area contributed by atoms with Gasteiger partial charge in [-0.1, -0.05) is 18.2 Å². The Bertz CT molecular complexity index is 684. The van der Waals surface area contributed by atoms with Crippen molar-refractivity contribution in [1.29, 1.82) is 0 Å². The predicted octanol–water partition coefficient (Wildman–Crippen LogP) is 2.73. The summed E-state index contributed by atoms with van der Waals surface area (Å²) in [4.78, 5) is 11.9. The van der Waals surface area contributed by atoms with E-state index >= 15 is 0 Å². The lowest BCUT2D eigenvalue weighted by molar-refractivity contribution is -0.116. The highest BCUT2D eigenvalue weighted by atomic mass is 16.6. The molecule has 5 heteroatoms. The lowest BCUT2D eigenvalue weighted by atomic mass is 10.1. The number of benzene rings is 2. The molecule has 0 aliphatic carbocycles. The normalized spacial score (nSPS) is 12.7. The van der Waals surface area contributed by atoms with Crippen LogP contribution in [-0.4, -0.2) is 24.2 Å². The van der Waals surface area contributed by atoms with E-state index in [1.165, 1.54) is 6.07 Å². The molecule has 2 aromatic rings. The molecule has 22 heavy (non-hydrogen) atoms. The minimum absolute atomic E-state index is 0.0650. The number of nitrogens with one attached hydrogen (secondary N) is 1. The Morgan fingerprint density at radius 2 is 1.86 bits per heavy atom. The Balaban J connectivity index is 1.58. The summed E-state index contributed by atoms with van der Waals surface area (Å²) in [6.45, 7) is 1.11. The molecule has 0 unspecified atom stereocenters. The lowest BCUT2D eigenvalue weighted by Gasteiger charge is -2.18. The van der Waals surface area contributed by atoms with Crippen LogP contribution in [0.5, 0.6) is 17.2 Å². The standard InChI is InChI=1S/C17H17NO4/c19-14-4-2-1-3-13(14)18-17(20)8-6-12-5-7-15-16(11-12)22-10-9-21-15/h1-5,7,11,19H,6,8-10H2,(H,18,20). The molecule has 5 nitrogen and oxygen atoms in total. The summed E-state index contributed by atoms with van der Waals surface area (Å²) in [5, 5.41) is 12.3. The van der Waals surface area contributed by atoms with Gasteiger partial charge in [-0.15, -0.1) is 0 Å². The second kappa shape index (κ2) is 6.39. The molecule has 0 saturated heterocycles. The van der Waals surface area contributed by atoms with Crippen molar-refractivity contribution in [3.05, 3.63) is 48.0 Å². The number of hydrogen-bond donors (Lipinski definition) is 2. The number of carbonyl (C=O) groups is 1. The summed E-state index contributed by atoms with van der Waals surface area (Å²) in [5.74, 6) is 1.39. The number of phenols is 1. The van der Waals surface area contributed by atoms with Crippen molar-refractivity contribution in [3.63, 3.8) is 0 Å². The van der Waals surface area contributed by atoms with Crippen molar-refractivity contribution in [1.82, 2.24) is 0 Å². The van der Waals surface area contributed by atoms with Crippen LogP contribution in [0.25, 0.3) is 0 Å². The van der Waals surface area contributed by atoms with Gasteiger partial charge in [0.05, 0.1) is 5.69 Å². The molecule has 0 spiro atoms. The van der Waals surface area contributed by atoms with Crippen LogP contribution in [0.4, 0.5) is 5.69 Å². The number of ether oxygens (including phenoxy) is 2. The van der Waals surface area contributed by atoms with Crippen LogP contribution in [0.2, 0.25) is 0 Å². The Kier molecular flexibility index (Phi) is 4.14. The predicted molar refractivity (Wildman–Crippen MR) is 82.5 cm³/mol. The summed E-state index contributed by atoms with van der Waals surface area (Å²) in [6.07, 6.45) is 0.921. The first-order valence-corrected chi connectivity index (χ1v) is 7.19. The summed E-state index contributed by atoms with van der Waals surface area (Å²) in [6, 6.07) is 12.4. The van der Waals surface area contributed by atoms with E-state index in [0.717, 1.165) is 17.1 Å². The zero-order valence-corrected chi connectivity index (χ0v) is 12.0. The minimum atomic E-state index is -0.142. The molecule has 0 aromatic heterocycles. The van der Waals surface area contributed by atoms with Crippen molar-refractivity contribution in [2.45, 2.75) is 12.8 Å². The van der Waals surface area contributed by atoms with Gasteiger partial charge in [-0.3, -0.25) is 4.79 Å². The summed E-state index contributed by atoms with van der Waals surface area (Å²) < 4.78 is 11.0. The lowest BCUT2D eigenvalue weighted by Crippen LogP contribution is -2.15. The van der Waals surface area contributed by atoms with E-state index in [9.17, 15) is 9.90 Å². The van der Waals surface area contributed by atoms with Gasteiger partial charge in [0.25, 0.3) is 0 Å². The maximum atomic E-state index is 11.9. The second-order valence-electron chi connectivity index (χ2n) is 5.04. The molecular weight excluding hydrogens is 282 g/mol. The fourth-order valence-corrected chi connectivity index (χ4v) is 2.29.